The number of benzene rings is 1. The molecule has 2 aromatic heterocycles. The summed E-state index contributed by atoms with van der Waals surface area (Å²) in [7, 11) is 0. The summed E-state index contributed by atoms with van der Waals surface area (Å²) >= 11 is 0. The minimum Gasteiger partial charge on any atom is -0.465 e. The van der Waals surface area contributed by atoms with E-state index in [1.54, 1.807) is 28.1 Å². The second-order valence-electron chi connectivity index (χ2n) is 9.14. The fourth-order valence-corrected chi connectivity index (χ4v) is 5.18. The van der Waals surface area contributed by atoms with Crippen LogP contribution in [0.25, 0.3) is 11.2 Å². The van der Waals surface area contributed by atoms with Gasteiger partial charge in [0, 0.05) is 44.1 Å². The molecule has 3 aromatic rings. The van der Waals surface area contributed by atoms with Crippen LogP contribution in [0.5, 0.6) is 0 Å². The monoisotopic (exact) mass is 502 g/mol. The first-order valence-electron chi connectivity index (χ1n) is 11.6. The molecule has 2 aliphatic rings. The van der Waals surface area contributed by atoms with E-state index in [0.717, 1.165) is 11.0 Å². The van der Waals surface area contributed by atoms with Gasteiger partial charge in [-0.25, -0.2) is 14.8 Å². The van der Waals surface area contributed by atoms with Crippen molar-refractivity contribution in [3.8, 4) is 0 Å². The van der Waals surface area contributed by atoms with Crippen molar-refractivity contribution in [2.24, 2.45) is 0 Å². The summed E-state index contributed by atoms with van der Waals surface area (Å²) in [6.45, 7) is 3.13. The number of halogens is 3. The first-order valence-corrected chi connectivity index (χ1v) is 11.6. The van der Waals surface area contributed by atoms with Crippen LogP contribution in [0.2, 0.25) is 0 Å². The number of carbonyl (C=O) groups is 2. The average Bonchev–Trinajstić information content (AvgIpc) is 3.24. The van der Waals surface area contributed by atoms with Crippen molar-refractivity contribution >= 4 is 28.9 Å². The number of piperazine rings is 1. The number of fused-ring (bicyclic) bond motifs is 2. The zero-order chi connectivity index (χ0) is 25.6. The Bertz CT molecular complexity index is 1320. The minimum absolute atomic E-state index is 0.00518. The summed E-state index contributed by atoms with van der Waals surface area (Å²) in [5.74, 6) is -0.0985. The van der Waals surface area contributed by atoms with E-state index < -0.39 is 17.8 Å². The van der Waals surface area contributed by atoms with Crippen molar-refractivity contribution in [2.45, 2.75) is 38.7 Å². The molecule has 9 nitrogen and oxygen atoms in total. The molecule has 0 aliphatic carbocycles. The topological polar surface area (TPSA) is 94.8 Å². The van der Waals surface area contributed by atoms with Gasteiger partial charge in [-0.1, -0.05) is 0 Å². The van der Waals surface area contributed by atoms with E-state index in [4.69, 9.17) is 0 Å². The van der Waals surface area contributed by atoms with E-state index in [9.17, 15) is 27.9 Å². The Balaban J connectivity index is 1.36. The lowest BCUT2D eigenvalue weighted by atomic mass is 9.91. The number of carbonyl (C=O) groups excluding carboxylic acids is 1. The van der Waals surface area contributed by atoms with Gasteiger partial charge >= 0.3 is 12.3 Å². The van der Waals surface area contributed by atoms with Crippen molar-refractivity contribution in [3.63, 3.8) is 0 Å². The number of anilines is 1. The number of hydrogen-bond acceptors (Lipinski definition) is 5. The molecule has 2 aliphatic heterocycles. The second-order valence-corrected chi connectivity index (χ2v) is 9.14. The molecule has 190 valence electrons. The van der Waals surface area contributed by atoms with Gasteiger partial charge < -0.3 is 24.4 Å². The molecule has 1 fully saturated rings. The van der Waals surface area contributed by atoms with Gasteiger partial charge in [-0.15, -0.1) is 0 Å². The smallest absolute Gasteiger partial charge is 0.416 e. The number of pyridine rings is 1. The Morgan fingerprint density at radius 3 is 2.64 bits per heavy atom. The van der Waals surface area contributed by atoms with Crippen LogP contribution in [0.1, 0.15) is 23.6 Å². The number of alkyl halides is 3. The summed E-state index contributed by atoms with van der Waals surface area (Å²) < 4.78 is 42.7. The Morgan fingerprint density at radius 1 is 1.11 bits per heavy atom. The number of amides is 2. The summed E-state index contributed by atoms with van der Waals surface area (Å²) in [6.07, 6.45) is -2.44. The Morgan fingerprint density at radius 2 is 1.92 bits per heavy atom. The minimum atomic E-state index is -4.52. The van der Waals surface area contributed by atoms with Crippen LogP contribution >= 0.6 is 0 Å². The highest BCUT2D eigenvalue weighted by molar-refractivity contribution is 5.79. The van der Waals surface area contributed by atoms with Gasteiger partial charge in [0.2, 0.25) is 5.91 Å². The standard InChI is InChI=1S/C24H25F3N6O3/c1-15-11-30(9-10-33(15)21(34)13-32-14-29-19-3-2-7-28-22(19)32)20-5-4-18(24(25,26)27)16-6-8-31(23(35)36)12-17(16)20/h2-5,7,14-15H,6,8-13H2,1H3,(H,35,36)/t15-/m1/s1. The largest absolute Gasteiger partial charge is 0.465 e. The Labute approximate surface area is 204 Å². The molecule has 36 heavy (non-hydrogen) atoms. The van der Waals surface area contributed by atoms with Gasteiger partial charge in [0.25, 0.3) is 0 Å². The number of imidazole rings is 1. The van der Waals surface area contributed by atoms with E-state index in [-0.39, 0.29) is 43.6 Å². The maximum absolute atomic E-state index is 13.7. The van der Waals surface area contributed by atoms with Crippen LogP contribution in [-0.4, -0.2) is 73.7 Å². The highest BCUT2D eigenvalue weighted by Crippen LogP contribution is 2.40. The molecule has 1 N–H and O–H groups in total. The van der Waals surface area contributed by atoms with Crippen molar-refractivity contribution in [3.05, 3.63) is 53.5 Å². The molecule has 0 unspecified atom stereocenters. The first-order chi connectivity index (χ1) is 17.1. The fraction of sp³-hybridized carbons (Fsp3) is 0.417. The highest BCUT2D eigenvalue weighted by atomic mass is 19.4. The molecule has 0 spiro atoms. The Kier molecular flexibility index (Phi) is 5.97. The van der Waals surface area contributed by atoms with Crippen LogP contribution in [0, 0.1) is 0 Å². The predicted molar refractivity (Wildman–Crippen MR) is 124 cm³/mol. The maximum atomic E-state index is 13.7. The molecule has 1 atom stereocenters. The predicted octanol–water partition coefficient (Wildman–Crippen LogP) is 3.22. The average molecular weight is 502 g/mol. The van der Waals surface area contributed by atoms with Crippen molar-refractivity contribution in [1.29, 1.82) is 0 Å². The van der Waals surface area contributed by atoms with Crippen LogP contribution in [0.4, 0.5) is 23.7 Å². The van der Waals surface area contributed by atoms with E-state index in [0.29, 0.717) is 42.0 Å². The third-order valence-corrected chi connectivity index (χ3v) is 6.93. The SMILES string of the molecule is C[C@@H]1CN(c2ccc(C(F)(F)F)c3c2CN(C(=O)O)CC3)CCN1C(=O)Cn1cnc2cccnc21. The lowest BCUT2D eigenvalue weighted by Gasteiger charge is -2.43. The molecule has 0 bridgehead atoms. The van der Waals surface area contributed by atoms with Crippen molar-refractivity contribution in [1.82, 2.24) is 24.3 Å². The first kappa shape index (κ1) is 23.9. The van der Waals surface area contributed by atoms with Gasteiger partial charge in [-0.3, -0.25) is 4.79 Å². The van der Waals surface area contributed by atoms with Crippen molar-refractivity contribution in [2.75, 3.05) is 31.1 Å². The van der Waals surface area contributed by atoms with Gasteiger partial charge in [0.15, 0.2) is 5.65 Å². The Hall–Kier alpha value is -3.83. The van der Waals surface area contributed by atoms with Gasteiger partial charge in [-0.2, -0.15) is 13.2 Å². The number of hydrogen-bond donors (Lipinski definition) is 1. The summed E-state index contributed by atoms with van der Waals surface area (Å²) in [6, 6.07) is 5.91. The summed E-state index contributed by atoms with van der Waals surface area (Å²) in [5.41, 5.74) is 1.74. The van der Waals surface area contributed by atoms with Gasteiger partial charge in [0.1, 0.15) is 12.1 Å². The van der Waals surface area contributed by atoms with Crippen LogP contribution in [0.3, 0.4) is 0 Å². The zero-order valence-electron chi connectivity index (χ0n) is 19.6. The third-order valence-electron chi connectivity index (χ3n) is 6.93. The quantitative estimate of drug-likeness (QED) is 0.591. The number of aromatic nitrogens is 3. The second kappa shape index (κ2) is 8.99. The number of carboxylic acid groups (broad SMARTS) is 1. The van der Waals surface area contributed by atoms with Crippen LogP contribution in [0.15, 0.2) is 36.8 Å². The lowest BCUT2D eigenvalue weighted by Crippen LogP contribution is -2.55. The number of rotatable bonds is 3. The van der Waals surface area contributed by atoms with E-state index in [1.165, 1.54) is 6.07 Å². The summed E-state index contributed by atoms with van der Waals surface area (Å²) in [5, 5.41) is 9.44. The molecule has 1 aromatic carbocycles. The molecule has 0 radical (unpaired) electrons. The van der Waals surface area contributed by atoms with Gasteiger partial charge in [0.05, 0.1) is 18.4 Å². The number of nitrogens with zero attached hydrogens (tertiary/aromatic N) is 6. The van der Waals surface area contributed by atoms with E-state index >= 15 is 0 Å². The van der Waals surface area contributed by atoms with Gasteiger partial charge in [-0.05, 0) is 48.7 Å². The van der Waals surface area contributed by atoms with E-state index in [1.807, 2.05) is 17.9 Å². The molecule has 4 heterocycles. The maximum Gasteiger partial charge on any atom is 0.416 e. The third kappa shape index (κ3) is 4.31. The molecule has 1 saturated heterocycles. The lowest BCUT2D eigenvalue weighted by molar-refractivity contribution is -0.138. The van der Waals surface area contributed by atoms with Crippen LogP contribution < -0.4 is 4.90 Å². The molecule has 12 heteroatoms. The molecular formula is C24H25F3N6O3. The molecule has 0 saturated carbocycles. The van der Waals surface area contributed by atoms with E-state index in [2.05, 4.69) is 9.97 Å². The molecular weight excluding hydrogens is 477 g/mol. The highest BCUT2D eigenvalue weighted by Gasteiger charge is 2.38. The zero-order valence-corrected chi connectivity index (χ0v) is 19.6. The van der Waals surface area contributed by atoms with Crippen LogP contribution in [-0.2, 0) is 30.5 Å². The van der Waals surface area contributed by atoms with Crippen molar-refractivity contribution < 1.29 is 27.9 Å². The summed E-state index contributed by atoms with van der Waals surface area (Å²) in [4.78, 5) is 38.1. The fourth-order valence-electron chi connectivity index (χ4n) is 5.18. The molecule has 2 amide bonds. The normalized spacial score (nSPS) is 18.4. The molecule has 5 rings (SSSR count).